The molecule has 0 amide bonds. The fourth-order valence-electron chi connectivity index (χ4n) is 0.392. The Labute approximate surface area is 51.9 Å². The van der Waals surface area contributed by atoms with Crippen LogP contribution in [0.3, 0.4) is 0 Å². The molecule has 0 unspecified atom stereocenters. The first-order valence-corrected chi connectivity index (χ1v) is 3.09. The Morgan fingerprint density at radius 1 is 1.50 bits per heavy atom. The molecule has 0 aliphatic carbocycles. The third kappa shape index (κ3) is 5.48. The molecule has 0 atom stereocenters. The van der Waals surface area contributed by atoms with Crippen molar-refractivity contribution in [1.82, 2.24) is 0 Å². The average molecular weight is 109 g/mol. The standard InChI is InChI=1S/C8H13/c1-3-5-7-8-6-4-2/h3,5,7H,4,6H2,1-2H3/b5-3+,8-7?. The van der Waals surface area contributed by atoms with Gasteiger partial charge in [-0.15, -0.1) is 0 Å². The van der Waals surface area contributed by atoms with Crippen LogP contribution in [0, 0.1) is 6.08 Å². The SMILES string of the molecule is C/C=C/C=[C]\CCC. The van der Waals surface area contributed by atoms with Crippen molar-refractivity contribution in [1.29, 1.82) is 0 Å². The smallest absolute Gasteiger partial charge is 0.0279 e. The minimum atomic E-state index is 1.07. The molecule has 0 aliphatic heterocycles. The van der Waals surface area contributed by atoms with Crippen molar-refractivity contribution >= 4 is 0 Å². The summed E-state index contributed by atoms with van der Waals surface area (Å²) in [6.45, 7) is 4.15. The van der Waals surface area contributed by atoms with Crippen LogP contribution in [0.5, 0.6) is 0 Å². The third-order valence-electron chi connectivity index (χ3n) is 0.801. The monoisotopic (exact) mass is 109 g/mol. The minimum Gasteiger partial charge on any atom is -0.0877 e. The van der Waals surface area contributed by atoms with Gasteiger partial charge in [-0.3, -0.25) is 0 Å². The molecule has 0 bridgehead atoms. The molecule has 0 saturated heterocycles. The largest absolute Gasteiger partial charge is 0.0877 e. The molecule has 0 fully saturated rings. The van der Waals surface area contributed by atoms with Crippen LogP contribution >= 0.6 is 0 Å². The van der Waals surface area contributed by atoms with Gasteiger partial charge in [0.05, 0.1) is 0 Å². The van der Waals surface area contributed by atoms with Crippen LogP contribution in [0.4, 0.5) is 0 Å². The minimum absolute atomic E-state index is 1.07. The van der Waals surface area contributed by atoms with Crippen LogP contribution in [0.25, 0.3) is 0 Å². The normalized spacial score (nSPS) is 11.8. The first kappa shape index (κ1) is 7.48. The van der Waals surface area contributed by atoms with Crippen molar-refractivity contribution in [3.05, 3.63) is 24.3 Å². The van der Waals surface area contributed by atoms with Crippen LogP contribution in [-0.4, -0.2) is 0 Å². The van der Waals surface area contributed by atoms with Crippen molar-refractivity contribution in [3.63, 3.8) is 0 Å². The van der Waals surface area contributed by atoms with E-state index in [1.54, 1.807) is 0 Å². The van der Waals surface area contributed by atoms with E-state index in [-0.39, 0.29) is 0 Å². The van der Waals surface area contributed by atoms with Crippen LogP contribution in [0.2, 0.25) is 0 Å². The first-order valence-electron chi connectivity index (χ1n) is 3.09. The van der Waals surface area contributed by atoms with E-state index in [0.717, 1.165) is 6.42 Å². The van der Waals surface area contributed by atoms with Gasteiger partial charge in [0, 0.05) is 0 Å². The summed E-state index contributed by atoms with van der Waals surface area (Å²) in [7, 11) is 0. The molecule has 1 radical (unpaired) electrons. The number of hydrogen-bond donors (Lipinski definition) is 0. The molecule has 0 saturated carbocycles. The van der Waals surface area contributed by atoms with Gasteiger partial charge in [-0.2, -0.15) is 0 Å². The van der Waals surface area contributed by atoms with Gasteiger partial charge < -0.3 is 0 Å². The van der Waals surface area contributed by atoms with E-state index in [9.17, 15) is 0 Å². The number of unbranched alkanes of at least 4 members (excludes halogenated alkanes) is 1. The van der Waals surface area contributed by atoms with Crippen molar-refractivity contribution in [2.75, 3.05) is 0 Å². The topological polar surface area (TPSA) is 0 Å². The predicted molar refractivity (Wildman–Crippen MR) is 37.5 cm³/mol. The molecule has 8 heavy (non-hydrogen) atoms. The van der Waals surface area contributed by atoms with E-state index in [4.69, 9.17) is 0 Å². The summed E-state index contributed by atoms with van der Waals surface area (Å²) in [5, 5.41) is 0. The highest BCUT2D eigenvalue weighted by Crippen LogP contribution is 1.86. The number of rotatable bonds is 3. The van der Waals surface area contributed by atoms with E-state index in [0.29, 0.717) is 0 Å². The molecule has 0 nitrogen and oxygen atoms in total. The molecule has 0 aliphatic rings. The second kappa shape index (κ2) is 6.48. The highest BCUT2D eigenvalue weighted by Gasteiger charge is 1.68. The van der Waals surface area contributed by atoms with Gasteiger partial charge >= 0.3 is 0 Å². The highest BCUT2D eigenvalue weighted by molar-refractivity contribution is 4.96. The maximum Gasteiger partial charge on any atom is -0.0279 e. The Morgan fingerprint density at radius 3 is 2.75 bits per heavy atom. The third-order valence-corrected chi connectivity index (χ3v) is 0.801. The summed E-state index contributed by atoms with van der Waals surface area (Å²) >= 11 is 0. The lowest BCUT2D eigenvalue weighted by Crippen LogP contribution is -1.59. The Kier molecular flexibility index (Phi) is 6.06. The van der Waals surface area contributed by atoms with Crippen LogP contribution in [0.1, 0.15) is 26.7 Å². The van der Waals surface area contributed by atoms with Crippen LogP contribution in [-0.2, 0) is 0 Å². The van der Waals surface area contributed by atoms with E-state index >= 15 is 0 Å². The van der Waals surface area contributed by atoms with E-state index in [1.165, 1.54) is 6.42 Å². The predicted octanol–water partition coefficient (Wildman–Crippen LogP) is 2.72. The van der Waals surface area contributed by atoms with Gasteiger partial charge in [0.15, 0.2) is 0 Å². The maximum atomic E-state index is 3.12. The molecule has 0 rings (SSSR count). The molecule has 45 valence electrons. The zero-order chi connectivity index (χ0) is 6.24. The summed E-state index contributed by atoms with van der Waals surface area (Å²) in [5.41, 5.74) is 0. The van der Waals surface area contributed by atoms with Gasteiger partial charge in [0.25, 0.3) is 0 Å². The van der Waals surface area contributed by atoms with Gasteiger partial charge in [0.1, 0.15) is 0 Å². The quantitative estimate of drug-likeness (QED) is 0.489. The lowest BCUT2D eigenvalue weighted by Gasteiger charge is -1.77. The Balaban J connectivity index is 3.07. The summed E-state index contributed by atoms with van der Waals surface area (Å²) in [6, 6.07) is 0. The summed E-state index contributed by atoms with van der Waals surface area (Å²) in [5.74, 6) is 0. The zero-order valence-electron chi connectivity index (χ0n) is 5.65. The summed E-state index contributed by atoms with van der Waals surface area (Å²) in [6.07, 6.45) is 11.3. The van der Waals surface area contributed by atoms with Crippen molar-refractivity contribution in [2.45, 2.75) is 26.7 Å². The highest BCUT2D eigenvalue weighted by atomic mass is 13.7. The Hall–Kier alpha value is -0.520. The van der Waals surface area contributed by atoms with E-state index in [1.807, 2.05) is 25.2 Å². The number of allylic oxidation sites excluding steroid dienone is 4. The molecular weight excluding hydrogens is 96.1 g/mol. The molecular formula is C8H13. The molecule has 0 N–H and O–H groups in total. The van der Waals surface area contributed by atoms with Crippen molar-refractivity contribution in [2.24, 2.45) is 0 Å². The average Bonchev–Trinajstić information content (AvgIpc) is 1.81. The van der Waals surface area contributed by atoms with E-state index < -0.39 is 0 Å². The van der Waals surface area contributed by atoms with Gasteiger partial charge in [-0.05, 0) is 19.4 Å². The van der Waals surface area contributed by atoms with Crippen molar-refractivity contribution in [3.8, 4) is 0 Å². The van der Waals surface area contributed by atoms with E-state index in [2.05, 4.69) is 13.0 Å². The van der Waals surface area contributed by atoms with Gasteiger partial charge in [-0.1, -0.05) is 31.6 Å². The fraction of sp³-hybridized carbons (Fsp3) is 0.500. The molecule has 0 spiro atoms. The van der Waals surface area contributed by atoms with Crippen LogP contribution in [0.15, 0.2) is 18.2 Å². The second-order valence-electron chi connectivity index (χ2n) is 1.65. The van der Waals surface area contributed by atoms with Gasteiger partial charge in [0.2, 0.25) is 0 Å². The Bertz CT molecular complexity index is 78.0. The maximum absolute atomic E-state index is 3.12. The molecule has 0 aromatic carbocycles. The summed E-state index contributed by atoms with van der Waals surface area (Å²) in [4.78, 5) is 0. The molecule has 0 aromatic rings. The fourth-order valence-corrected chi connectivity index (χ4v) is 0.392. The Morgan fingerprint density at radius 2 is 2.25 bits per heavy atom. The van der Waals surface area contributed by atoms with Gasteiger partial charge in [-0.25, -0.2) is 0 Å². The molecule has 0 heteroatoms. The van der Waals surface area contributed by atoms with Crippen molar-refractivity contribution < 1.29 is 0 Å². The molecule has 0 aromatic heterocycles. The lowest BCUT2D eigenvalue weighted by atomic mass is 10.3. The number of hydrogen-bond acceptors (Lipinski definition) is 0. The zero-order valence-corrected chi connectivity index (χ0v) is 5.65. The van der Waals surface area contributed by atoms with Crippen LogP contribution < -0.4 is 0 Å². The lowest BCUT2D eigenvalue weighted by molar-refractivity contribution is 0.940. The second-order valence-corrected chi connectivity index (χ2v) is 1.65. The first-order chi connectivity index (χ1) is 3.91. The summed E-state index contributed by atoms with van der Waals surface area (Å²) < 4.78 is 0. The molecule has 0 heterocycles.